The molecule has 1 rings (SSSR count). The Morgan fingerprint density at radius 3 is 2.59 bits per heavy atom. The monoisotopic (exact) mass is 257 g/mol. The van der Waals surface area contributed by atoms with Gasteiger partial charge in [-0.2, -0.15) is 0 Å². The molecule has 0 heterocycles. The number of halogens is 1. The third kappa shape index (κ3) is 4.10. The molecule has 0 aliphatic heterocycles. The van der Waals surface area contributed by atoms with Crippen molar-refractivity contribution in [3.8, 4) is 11.5 Å². The normalized spacial score (nSPS) is 10.7. The van der Waals surface area contributed by atoms with Crippen LogP contribution in [0.5, 0.6) is 11.5 Å². The molecule has 1 aromatic rings. The van der Waals surface area contributed by atoms with Crippen molar-refractivity contribution in [1.29, 1.82) is 0 Å². The molecule has 4 heteroatoms. The third-order valence-corrected chi connectivity index (χ3v) is 2.51. The van der Waals surface area contributed by atoms with Crippen molar-refractivity contribution in [3.63, 3.8) is 0 Å². The molecule has 0 fully saturated rings. The summed E-state index contributed by atoms with van der Waals surface area (Å²) in [5.74, 6) is 1.89. The van der Waals surface area contributed by atoms with Gasteiger partial charge in [0.1, 0.15) is 0 Å². The lowest BCUT2D eigenvalue weighted by Gasteiger charge is -2.16. The van der Waals surface area contributed by atoms with Gasteiger partial charge < -0.3 is 15.2 Å². The molecule has 17 heavy (non-hydrogen) atoms. The van der Waals surface area contributed by atoms with Gasteiger partial charge in [-0.3, -0.25) is 0 Å². The van der Waals surface area contributed by atoms with Crippen molar-refractivity contribution < 1.29 is 9.47 Å². The molecule has 3 nitrogen and oxygen atoms in total. The van der Waals surface area contributed by atoms with E-state index in [0.29, 0.717) is 29.8 Å². The second-order valence-corrected chi connectivity index (χ2v) is 4.78. The molecule has 0 spiro atoms. The number of nitrogens with two attached hydrogens (primary N) is 1. The van der Waals surface area contributed by atoms with Crippen LogP contribution in [-0.4, -0.2) is 20.3 Å². The Morgan fingerprint density at radius 2 is 2.06 bits per heavy atom. The fourth-order valence-corrected chi connectivity index (χ4v) is 1.76. The second-order valence-electron chi connectivity index (χ2n) is 4.34. The molecular formula is C13H20ClNO2. The van der Waals surface area contributed by atoms with Crippen molar-refractivity contribution >= 4 is 11.6 Å². The maximum absolute atomic E-state index is 6.02. The minimum Gasteiger partial charge on any atom is -0.493 e. The highest BCUT2D eigenvalue weighted by Crippen LogP contribution is 2.35. The summed E-state index contributed by atoms with van der Waals surface area (Å²) in [6, 6.07) is 3.64. The fourth-order valence-electron chi connectivity index (χ4n) is 1.53. The largest absolute Gasteiger partial charge is 0.493 e. The predicted octanol–water partition coefficient (Wildman–Crippen LogP) is 2.88. The van der Waals surface area contributed by atoms with Crippen LogP contribution in [0, 0.1) is 5.92 Å². The highest BCUT2D eigenvalue weighted by atomic mass is 35.5. The van der Waals surface area contributed by atoms with Gasteiger partial charge in [-0.15, -0.1) is 0 Å². The van der Waals surface area contributed by atoms with E-state index in [0.717, 1.165) is 17.7 Å². The molecule has 0 unspecified atom stereocenters. The summed E-state index contributed by atoms with van der Waals surface area (Å²) >= 11 is 6.02. The van der Waals surface area contributed by atoms with Crippen LogP contribution in [0.1, 0.15) is 19.4 Å². The van der Waals surface area contributed by atoms with E-state index < -0.39 is 0 Å². The summed E-state index contributed by atoms with van der Waals surface area (Å²) in [6.45, 7) is 5.41. The number of rotatable bonds is 6. The van der Waals surface area contributed by atoms with Crippen molar-refractivity contribution in [2.75, 3.05) is 20.3 Å². The fraction of sp³-hybridized carbons (Fsp3) is 0.538. The van der Waals surface area contributed by atoms with E-state index in [9.17, 15) is 0 Å². The molecule has 0 aromatic heterocycles. The topological polar surface area (TPSA) is 44.5 Å². The number of hydrogen-bond donors (Lipinski definition) is 1. The molecule has 0 radical (unpaired) electrons. The second kappa shape index (κ2) is 6.72. The van der Waals surface area contributed by atoms with Gasteiger partial charge in [-0.1, -0.05) is 25.4 Å². The Morgan fingerprint density at radius 1 is 1.35 bits per heavy atom. The maximum atomic E-state index is 6.02. The molecule has 0 amide bonds. The summed E-state index contributed by atoms with van der Waals surface area (Å²) < 4.78 is 11.1. The lowest BCUT2D eigenvalue weighted by molar-refractivity contribution is 0.254. The van der Waals surface area contributed by atoms with E-state index in [4.69, 9.17) is 26.8 Å². The third-order valence-electron chi connectivity index (χ3n) is 2.29. The van der Waals surface area contributed by atoms with Gasteiger partial charge in [0, 0.05) is 16.7 Å². The van der Waals surface area contributed by atoms with Crippen LogP contribution >= 0.6 is 11.6 Å². The summed E-state index contributed by atoms with van der Waals surface area (Å²) in [4.78, 5) is 0. The molecule has 0 atom stereocenters. The first-order valence-electron chi connectivity index (χ1n) is 5.77. The van der Waals surface area contributed by atoms with E-state index >= 15 is 0 Å². The highest BCUT2D eigenvalue weighted by molar-refractivity contribution is 6.30. The lowest BCUT2D eigenvalue weighted by atomic mass is 10.1. The Labute approximate surface area is 108 Å². The molecule has 1 aromatic carbocycles. The molecular weight excluding hydrogens is 238 g/mol. The smallest absolute Gasteiger partial charge is 0.164 e. The van der Waals surface area contributed by atoms with Crippen LogP contribution in [0.2, 0.25) is 5.02 Å². The van der Waals surface area contributed by atoms with E-state index in [1.165, 1.54) is 0 Å². The first-order chi connectivity index (χ1) is 8.08. The predicted molar refractivity (Wildman–Crippen MR) is 71.1 cm³/mol. The van der Waals surface area contributed by atoms with Gasteiger partial charge in [-0.05, 0) is 24.9 Å². The van der Waals surface area contributed by atoms with Crippen LogP contribution < -0.4 is 15.2 Å². The van der Waals surface area contributed by atoms with Gasteiger partial charge in [-0.25, -0.2) is 0 Å². The summed E-state index contributed by atoms with van der Waals surface area (Å²) in [6.07, 6.45) is 0.727. The van der Waals surface area contributed by atoms with Gasteiger partial charge in [0.05, 0.1) is 13.7 Å². The van der Waals surface area contributed by atoms with Crippen LogP contribution in [0.15, 0.2) is 12.1 Å². The van der Waals surface area contributed by atoms with Gasteiger partial charge in [0.2, 0.25) is 0 Å². The number of methoxy groups -OCH3 is 1. The van der Waals surface area contributed by atoms with E-state index in [1.807, 2.05) is 6.07 Å². The average Bonchev–Trinajstić information content (AvgIpc) is 2.27. The van der Waals surface area contributed by atoms with Crippen LogP contribution in [0.25, 0.3) is 0 Å². The number of hydrogen-bond acceptors (Lipinski definition) is 3. The molecule has 0 saturated heterocycles. The zero-order valence-corrected chi connectivity index (χ0v) is 11.4. The Kier molecular flexibility index (Phi) is 5.59. The summed E-state index contributed by atoms with van der Waals surface area (Å²) in [5.41, 5.74) is 6.59. The van der Waals surface area contributed by atoms with Crippen molar-refractivity contribution in [3.05, 3.63) is 22.7 Å². The van der Waals surface area contributed by atoms with Gasteiger partial charge >= 0.3 is 0 Å². The molecule has 0 saturated carbocycles. The maximum Gasteiger partial charge on any atom is 0.164 e. The molecule has 0 aliphatic rings. The van der Waals surface area contributed by atoms with Crippen molar-refractivity contribution in [1.82, 2.24) is 0 Å². The van der Waals surface area contributed by atoms with Gasteiger partial charge in [0.15, 0.2) is 11.5 Å². The zero-order valence-electron chi connectivity index (χ0n) is 10.6. The Hall–Kier alpha value is -0.930. The molecule has 2 N–H and O–H groups in total. The number of ether oxygens (including phenoxy) is 2. The van der Waals surface area contributed by atoms with Gasteiger partial charge in [0.25, 0.3) is 0 Å². The van der Waals surface area contributed by atoms with Crippen molar-refractivity contribution in [2.24, 2.45) is 11.7 Å². The zero-order chi connectivity index (χ0) is 12.8. The average molecular weight is 258 g/mol. The van der Waals surface area contributed by atoms with Crippen LogP contribution in [0.4, 0.5) is 0 Å². The first kappa shape index (κ1) is 14.1. The Balaban J connectivity index is 3.03. The van der Waals surface area contributed by atoms with Crippen LogP contribution in [-0.2, 0) is 6.42 Å². The van der Waals surface area contributed by atoms with E-state index in [-0.39, 0.29) is 0 Å². The number of benzene rings is 1. The van der Waals surface area contributed by atoms with E-state index in [1.54, 1.807) is 13.2 Å². The quantitative estimate of drug-likeness (QED) is 0.852. The Bertz CT molecular complexity index is 367. The molecule has 96 valence electrons. The standard InChI is InChI=1S/C13H20ClNO2/c1-9(2)8-17-13-10(4-5-15)6-11(14)7-12(13)16-3/h6-7,9H,4-5,8,15H2,1-3H3. The summed E-state index contributed by atoms with van der Waals surface area (Å²) in [5, 5.41) is 0.641. The van der Waals surface area contributed by atoms with E-state index in [2.05, 4.69) is 13.8 Å². The summed E-state index contributed by atoms with van der Waals surface area (Å²) in [7, 11) is 1.61. The van der Waals surface area contributed by atoms with Crippen molar-refractivity contribution in [2.45, 2.75) is 20.3 Å². The van der Waals surface area contributed by atoms with Crippen LogP contribution in [0.3, 0.4) is 0 Å². The lowest BCUT2D eigenvalue weighted by Crippen LogP contribution is -2.10. The minimum atomic E-state index is 0.459. The minimum absolute atomic E-state index is 0.459. The molecule has 0 bridgehead atoms. The first-order valence-corrected chi connectivity index (χ1v) is 6.15. The highest BCUT2D eigenvalue weighted by Gasteiger charge is 2.12. The SMILES string of the molecule is COc1cc(Cl)cc(CCN)c1OCC(C)C. The molecule has 0 aliphatic carbocycles.